The molecule has 0 radical (unpaired) electrons. The monoisotopic (exact) mass is 219 g/mol. The van der Waals surface area contributed by atoms with Gasteiger partial charge in [-0.25, -0.2) is 5.48 Å². The van der Waals surface area contributed by atoms with Crippen LogP contribution in [0.3, 0.4) is 0 Å². The van der Waals surface area contributed by atoms with Crippen LogP contribution in [0.1, 0.15) is 20.3 Å². The Bertz CT molecular complexity index is 159. The van der Waals surface area contributed by atoms with E-state index in [-0.39, 0.29) is 11.7 Å². The summed E-state index contributed by atoms with van der Waals surface area (Å²) in [7, 11) is 1.79. The van der Waals surface area contributed by atoms with Crippen molar-refractivity contribution in [3.63, 3.8) is 0 Å². The van der Waals surface area contributed by atoms with E-state index in [1.54, 1.807) is 7.05 Å². The van der Waals surface area contributed by atoms with Gasteiger partial charge in [-0.3, -0.25) is 4.90 Å². The Labute approximate surface area is 92.6 Å². The number of morpholine rings is 1. The number of ether oxygens (including phenoxy) is 1. The predicted molar refractivity (Wildman–Crippen MR) is 61.1 cm³/mol. The molecule has 1 heterocycles. The van der Waals surface area contributed by atoms with Gasteiger partial charge < -0.3 is 15.7 Å². The minimum Gasteiger partial charge on any atom is -0.379 e. The van der Waals surface area contributed by atoms with Gasteiger partial charge in [-0.2, -0.15) is 0 Å². The van der Waals surface area contributed by atoms with Crippen LogP contribution >= 0.6 is 0 Å². The zero-order valence-corrected chi connectivity index (χ0v) is 10.2. The maximum Gasteiger partial charge on any atom is 0.0699 e. The van der Waals surface area contributed by atoms with E-state index in [0.717, 1.165) is 39.3 Å². The summed E-state index contributed by atoms with van der Waals surface area (Å²) in [4.78, 5) is 7.62. The highest BCUT2D eigenvalue weighted by atomic mass is 16.6. The highest BCUT2D eigenvalue weighted by Crippen LogP contribution is 2.19. The van der Waals surface area contributed by atoms with Crippen molar-refractivity contribution in [1.82, 2.24) is 16.5 Å². The predicted octanol–water partition coefficient (Wildman–Crippen LogP) is 0.800. The van der Waals surface area contributed by atoms with Crippen LogP contribution in [-0.2, 0) is 9.57 Å². The summed E-state index contributed by atoms with van der Waals surface area (Å²) in [5, 5.41) is 0. The van der Waals surface area contributed by atoms with Gasteiger partial charge in [-0.1, -0.05) is 0 Å². The molecule has 0 saturated carbocycles. The summed E-state index contributed by atoms with van der Waals surface area (Å²) in [6.07, 6.45) is 1.04. The zero-order chi connectivity index (χ0) is 10.4. The number of nitrogens with zero attached hydrogens (tertiary/aromatic N) is 1. The molecule has 0 unspecified atom stereocenters. The maximum absolute atomic E-state index is 5.34. The lowest BCUT2D eigenvalue weighted by Crippen LogP contribution is -2.50. The van der Waals surface area contributed by atoms with Crippen LogP contribution in [0.25, 0.3) is 0 Å². The van der Waals surface area contributed by atoms with Crippen molar-refractivity contribution in [3.05, 3.63) is 0 Å². The molecule has 0 aromatic carbocycles. The number of nitrogens with one attached hydrogen (secondary N) is 1. The second kappa shape index (κ2) is 7.14. The van der Waals surface area contributed by atoms with Gasteiger partial charge in [-0.15, -0.1) is 0 Å². The molecular weight excluding hydrogens is 194 g/mol. The van der Waals surface area contributed by atoms with E-state index in [9.17, 15) is 0 Å². The number of hydrogen-bond donors (Lipinski definition) is 2. The Morgan fingerprint density at radius 1 is 1.33 bits per heavy atom. The highest BCUT2D eigenvalue weighted by molar-refractivity contribution is 4.82. The van der Waals surface area contributed by atoms with Crippen molar-refractivity contribution in [2.24, 2.45) is 0 Å². The Balaban J connectivity index is 0.00000196. The molecule has 0 aromatic heterocycles. The third kappa shape index (κ3) is 4.90. The van der Waals surface area contributed by atoms with Crippen LogP contribution in [0.15, 0.2) is 0 Å². The van der Waals surface area contributed by atoms with E-state index >= 15 is 0 Å². The van der Waals surface area contributed by atoms with Gasteiger partial charge in [0.2, 0.25) is 0 Å². The number of rotatable bonds is 5. The maximum atomic E-state index is 5.34. The van der Waals surface area contributed by atoms with Crippen molar-refractivity contribution in [2.75, 3.05) is 40.0 Å². The standard InChI is InChI=1S/C10H22N2O2.H3N/c1-10(2,4-7-14-11-3)12-5-8-13-9-6-12;/h11H,4-9H2,1-3H3;1H3. The topological polar surface area (TPSA) is 68.7 Å². The molecular formula is C10H25N3O2. The van der Waals surface area contributed by atoms with Crippen LogP contribution in [-0.4, -0.2) is 50.4 Å². The van der Waals surface area contributed by atoms with Crippen molar-refractivity contribution in [2.45, 2.75) is 25.8 Å². The van der Waals surface area contributed by atoms with E-state index in [1.165, 1.54) is 0 Å². The normalized spacial score (nSPS) is 18.6. The van der Waals surface area contributed by atoms with Gasteiger partial charge in [-0.05, 0) is 20.3 Å². The lowest BCUT2D eigenvalue weighted by molar-refractivity contribution is -0.0307. The molecule has 1 aliphatic rings. The molecule has 92 valence electrons. The molecule has 1 fully saturated rings. The van der Waals surface area contributed by atoms with Crippen LogP contribution in [0.5, 0.6) is 0 Å². The molecule has 5 heteroatoms. The number of hydroxylamine groups is 1. The van der Waals surface area contributed by atoms with E-state index < -0.39 is 0 Å². The van der Waals surface area contributed by atoms with Gasteiger partial charge in [0.25, 0.3) is 0 Å². The SMILES string of the molecule is CNOCCC(C)(C)N1CCOCC1.N. The van der Waals surface area contributed by atoms with E-state index in [0.29, 0.717) is 0 Å². The molecule has 1 saturated heterocycles. The molecule has 0 atom stereocenters. The average Bonchev–Trinajstić information content (AvgIpc) is 2.19. The van der Waals surface area contributed by atoms with Crippen LogP contribution in [0.4, 0.5) is 0 Å². The highest BCUT2D eigenvalue weighted by Gasteiger charge is 2.27. The van der Waals surface area contributed by atoms with Crippen molar-refractivity contribution < 1.29 is 9.57 Å². The largest absolute Gasteiger partial charge is 0.379 e. The summed E-state index contributed by atoms with van der Waals surface area (Å²) in [6.45, 7) is 9.06. The van der Waals surface area contributed by atoms with Crippen molar-refractivity contribution >= 4 is 0 Å². The van der Waals surface area contributed by atoms with Crippen molar-refractivity contribution in [3.8, 4) is 0 Å². The fourth-order valence-corrected chi connectivity index (χ4v) is 1.73. The molecule has 0 aliphatic carbocycles. The first kappa shape index (κ1) is 14.8. The molecule has 0 aromatic rings. The lowest BCUT2D eigenvalue weighted by atomic mass is 9.98. The molecule has 0 bridgehead atoms. The van der Waals surface area contributed by atoms with Gasteiger partial charge in [0, 0.05) is 25.7 Å². The smallest absolute Gasteiger partial charge is 0.0699 e. The summed E-state index contributed by atoms with van der Waals surface area (Å²) in [5.41, 5.74) is 2.91. The van der Waals surface area contributed by atoms with Gasteiger partial charge in [0.05, 0.1) is 19.8 Å². The zero-order valence-electron chi connectivity index (χ0n) is 10.2. The first-order valence-electron chi connectivity index (χ1n) is 5.28. The lowest BCUT2D eigenvalue weighted by Gasteiger charge is -2.40. The fourth-order valence-electron chi connectivity index (χ4n) is 1.73. The van der Waals surface area contributed by atoms with Gasteiger partial charge in [0.1, 0.15) is 0 Å². The Morgan fingerprint density at radius 3 is 2.47 bits per heavy atom. The Morgan fingerprint density at radius 2 is 1.93 bits per heavy atom. The fraction of sp³-hybridized carbons (Fsp3) is 1.00. The molecule has 0 spiro atoms. The molecule has 1 rings (SSSR count). The van der Waals surface area contributed by atoms with Crippen LogP contribution in [0, 0.1) is 0 Å². The second-order valence-corrected chi connectivity index (χ2v) is 4.21. The molecule has 4 N–H and O–H groups in total. The summed E-state index contributed by atoms with van der Waals surface area (Å²) in [5.74, 6) is 0. The molecule has 1 aliphatic heterocycles. The van der Waals surface area contributed by atoms with Crippen molar-refractivity contribution in [1.29, 1.82) is 0 Å². The minimum atomic E-state index is 0. The van der Waals surface area contributed by atoms with E-state index in [2.05, 4.69) is 24.2 Å². The Hall–Kier alpha value is -0.200. The first-order valence-corrected chi connectivity index (χ1v) is 5.28. The third-order valence-corrected chi connectivity index (χ3v) is 2.83. The van der Waals surface area contributed by atoms with Gasteiger partial charge in [0.15, 0.2) is 0 Å². The Kier molecular flexibility index (Phi) is 7.04. The van der Waals surface area contributed by atoms with E-state index in [1.807, 2.05) is 0 Å². The quantitative estimate of drug-likeness (QED) is 0.529. The second-order valence-electron chi connectivity index (χ2n) is 4.21. The number of hydrogen-bond acceptors (Lipinski definition) is 5. The van der Waals surface area contributed by atoms with Crippen LogP contribution < -0.4 is 11.6 Å². The van der Waals surface area contributed by atoms with Crippen LogP contribution in [0.2, 0.25) is 0 Å². The third-order valence-electron chi connectivity index (χ3n) is 2.83. The molecule has 15 heavy (non-hydrogen) atoms. The minimum absolute atomic E-state index is 0. The summed E-state index contributed by atoms with van der Waals surface area (Å²) < 4.78 is 5.34. The van der Waals surface area contributed by atoms with E-state index in [4.69, 9.17) is 9.57 Å². The summed E-state index contributed by atoms with van der Waals surface area (Å²) >= 11 is 0. The molecule has 5 nitrogen and oxygen atoms in total. The first-order chi connectivity index (χ1) is 6.67. The average molecular weight is 219 g/mol. The molecule has 0 amide bonds. The van der Waals surface area contributed by atoms with Gasteiger partial charge >= 0.3 is 0 Å². The summed E-state index contributed by atoms with van der Waals surface area (Å²) in [6, 6.07) is 0.